The van der Waals surface area contributed by atoms with E-state index in [2.05, 4.69) is 15.6 Å². The molecular weight excluding hydrogens is 396 g/mol. The van der Waals surface area contributed by atoms with Gasteiger partial charge >= 0.3 is 11.9 Å². The normalized spacial score (nSPS) is 13.9. The predicted molar refractivity (Wildman–Crippen MR) is 105 cm³/mol. The quantitative estimate of drug-likeness (QED) is 0.239. The van der Waals surface area contributed by atoms with Gasteiger partial charge in [-0.15, -0.1) is 0 Å². The summed E-state index contributed by atoms with van der Waals surface area (Å²) in [6.45, 7) is -0.669. The molecule has 0 aliphatic rings. The van der Waals surface area contributed by atoms with Crippen LogP contribution in [0.5, 0.6) is 0 Å². The summed E-state index contributed by atoms with van der Waals surface area (Å²) in [5, 5.41) is 32.8. The molecule has 2 amide bonds. The maximum Gasteiger partial charge on any atom is 0.326 e. The van der Waals surface area contributed by atoms with Crippen LogP contribution in [0.3, 0.4) is 0 Å². The van der Waals surface area contributed by atoms with Crippen molar-refractivity contribution < 1.29 is 34.5 Å². The second-order valence-electron chi connectivity index (χ2n) is 6.75. The first kappa shape index (κ1) is 22.8. The summed E-state index contributed by atoms with van der Waals surface area (Å²) in [7, 11) is 0. The van der Waals surface area contributed by atoms with Crippen molar-refractivity contribution in [2.75, 3.05) is 6.61 Å². The van der Waals surface area contributed by atoms with Gasteiger partial charge in [-0.05, 0) is 18.1 Å². The predicted octanol–water partition coefficient (Wildman–Crippen LogP) is -1.05. The fourth-order valence-corrected chi connectivity index (χ4v) is 2.89. The molecule has 3 atom stereocenters. The number of H-pyrrole nitrogens is 1. The molecule has 0 fully saturated rings. The van der Waals surface area contributed by atoms with Crippen LogP contribution >= 0.6 is 0 Å². The molecule has 0 bridgehead atoms. The summed E-state index contributed by atoms with van der Waals surface area (Å²) in [6, 6.07) is 3.33. The topological polar surface area (TPSA) is 195 Å². The number of hydrogen-bond acceptors (Lipinski definition) is 6. The van der Waals surface area contributed by atoms with Crippen LogP contribution in [0, 0.1) is 0 Å². The monoisotopic (exact) mass is 420 g/mol. The molecular formula is C19H24N4O7. The van der Waals surface area contributed by atoms with Gasteiger partial charge in [-0.25, -0.2) is 4.79 Å². The van der Waals surface area contributed by atoms with Gasteiger partial charge in [0.2, 0.25) is 11.8 Å². The van der Waals surface area contributed by atoms with E-state index in [1.165, 1.54) is 0 Å². The van der Waals surface area contributed by atoms with Gasteiger partial charge < -0.3 is 36.7 Å². The van der Waals surface area contributed by atoms with Crippen LogP contribution < -0.4 is 16.4 Å². The van der Waals surface area contributed by atoms with Crippen molar-refractivity contribution in [1.29, 1.82) is 0 Å². The van der Waals surface area contributed by atoms with E-state index in [9.17, 15) is 24.3 Å². The first-order chi connectivity index (χ1) is 14.2. The zero-order chi connectivity index (χ0) is 22.3. The number of aliphatic hydroxyl groups is 1. The third kappa shape index (κ3) is 6.03. The first-order valence-corrected chi connectivity index (χ1v) is 9.19. The SMILES string of the molecule is N[C@@H](CO)C(=O)N[C@@H](CCC(=O)O)C(=O)N[C@@H](Cc1c[nH]c2ccccc12)C(=O)O. The zero-order valence-electron chi connectivity index (χ0n) is 16.0. The second kappa shape index (κ2) is 10.4. The Morgan fingerprint density at radius 2 is 1.70 bits per heavy atom. The molecule has 2 aromatic rings. The number of rotatable bonds is 11. The van der Waals surface area contributed by atoms with Crippen molar-refractivity contribution in [1.82, 2.24) is 15.6 Å². The number of aliphatic carboxylic acids is 2. The number of carboxylic acid groups (broad SMARTS) is 2. The summed E-state index contributed by atoms with van der Waals surface area (Å²) in [4.78, 5) is 50.1. The molecule has 0 saturated carbocycles. The molecule has 11 nitrogen and oxygen atoms in total. The number of nitrogens with two attached hydrogens (primary N) is 1. The van der Waals surface area contributed by atoms with Crippen molar-refractivity contribution in [3.8, 4) is 0 Å². The maximum atomic E-state index is 12.6. The largest absolute Gasteiger partial charge is 0.481 e. The summed E-state index contributed by atoms with van der Waals surface area (Å²) in [5.41, 5.74) is 6.89. The van der Waals surface area contributed by atoms with Crippen LogP contribution in [-0.4, -0.2) is 68.8 Å². The van der Waals surface area contributed by atoms with Crippen molar-refractivity contribution in [2.24, 2.45) is 5.73 Å². The fraction of sp³-hybridized carbons (Fsp3) is 0.368. The Balaban J connectivity index is 2.14. The molecule has 0 saturated heterocycles. The molecule has 0 radical (unpaired) electrons. The van der Waals surface area contributed by atoms with E-state index < -0.39 is 54.9 Å². The van der Waals surface area contributed by atoms with Gasteiger partial charge in [0.15, 0.2) is 0 Å². The minimum atomic E-state index is -1.32. The highest BCUT2D eigenvalue weighted by molar-refractivity contribution is 5.92. The number of benzene rings is 1. The molecule has 2 rings (SSSR count). The second-order valence-corrected chi connectivity index (χ2v) is 6.75. The van der Waals surface area contributed by atoms with E-state index in [1.807, 2.05) is 18.2 Å². The zero-order valence-corrected chi connectivity index (χ0v) is 16.0. The van der Waals surface area contributed by atoms with E-state index in [1.54, 1.807) is 12.3 Å². The van der Waals surface area contributed by atoms with Crippen molar-refractivity contribution in [3.63, 3.8) is 0 Å². The van der Waals surface area contributed by atoms with Crippen LogP contribution in [0.15, 0.2) is 30.5 Å². The van der Waals surface area contributed by atoms with Gasteiger partial charge in [-0.2, -0.15) is 0 Å². The number of aromatic amines is 1. The Bertz CT molecular complexity index is 926. The number of fused-ring (bicyclic) bond motifs is 1. The Labute approximate surface area is 171 Å². The van der Waals surface area contributed by atoms with Crippen LogP contribution in [0.25, 0.3) is 10.9 Å². The van der Waals surface area contributed by atoms with Gasteiger partial charge in [-0.1, -0.05) is 18.2 Å². The van der Waals surface area contributed by atoms with Gasteiger partial charge in [0.1, 0.15) is 18.1 Å². The number of aromatic nitrogens is 1. The Kier molecular flexibility index (Phi) is 7.90. The fourth-order valence-electron chi connectivity index (χ4n) is 2.89. The molecule has 0 spiro atoms. The van der Waals surface area contributed by atoms with Crippen LogP contribution in [0.1, 0.15) is 18.4 Å². The lowest BCUT2D eigenvalue weighted by atomic mass is 10.0. The summed E-state index contributed by atoms with van der Waals surface area (Å²) < 4.78 is 0. The lowest BCUT2D eigenvalue weighted by Gasteiger charge is -2.22. The molecule has 11 heteroatoms. The minimum Gasteiger partial charge on any atom is -0.481 e. The highest BCUT2D eigenvalue weighted by Gasteiger charge is 2.28. The molecule has 0 unspecified atom stereocenters. The van der Waals surface area contributed by atoms with Gasteiger partial charge in [0.05, 0.1) is 6.61 Å². The van der Waals surface area contributed by atoms with E-state index in [0.717, 1.165) is 10.9 Å². The molecule has 1 aromatic heterocycles. The summed E-state index contributed by atoms with van der Waals surface area (Å²) >= 11 is 0. The Morgan fingerprint density at radius 1 is 1.03 bits per heavy atom. The standard InChI is InChI=1S/C19H24N4O7/c20-12(9-24)17(27)22-14(5-6-16(25)26)18(28)23-15(19(29)30)7-10-8-21-13-4-2-1-3-11(10)13/h1-4,8,12,14-15,21,24H,5-7,9,20H2,(H,22,27)(H,23,28)(H,25,26)(H,29,30)/t12-,14-,15-/m0/s1. The van der Waals surface area contributed by atoms with Crippen LogP contribution in [0.4, 0.5) is 0 Å². The number of carboxylic acids is 2. The van der Waals surface area contributed by atoms with E-state index >= 15 is 0 Å². The average Bonchev–Trinajstić information content (AvgIpc) is 3.12. The number of hydrogen-bond donors (Lipinski definition) is 7. The molecule has 1 heterocycles. The van der Waals surface area contributed by atoms with Gasteiger partial charge in [-0.3, -0.25) is 14.4 Å². The van der Waals surface area contributed by atoms with Crippen molar-refractivity contribution >= 4 is 34.7 Å². The average molecular weight is 420 g/mol. The number of para-hydroxylation sites is 1. The maximum absolute atomic E-state index is 12.6. The highest BCUT2D eigenvalue weighted by Crippen LogP contribution is 2.19. The smallest absolute Gasteiger partial charge is 0.326 e. The molecule has 1 aromatic carbocycles. The lowest BCUT2D eigenvalue weighted by Crippen LogP contribution is -2.55. The number of amides is 2. The van der Waals surface area contributed by atoms with E-state index in [-0.39, 0.29) is 12.8 Å². The Hall–Kier alpha value is -3.44. The van der Waals surface area contributed by atoms with Crippen LogP contribution in [-0.2, 0) is 25.6 Å². The number of carbonyl (C=O) groups is 4. The van der Waals surface area contributed by atoms with Crippen LogP contribution in [0.2, 0.25) is 0 Å². The van der Waals surface area contributed by atoms with Crippen molar-refractivity contribution in [3.05, 3.63) is 36.0 Å². The lowest BCUT2D eigenvalue weighted by molar-refractivity contribution is -0.143. The third-order valence-electron chi connectivity index (χ3n) is 4.53. The molecule has 0 aliphatic carbocycles. The molecule has 8 N–H and O–H groups in total. The Morgan fingerprint density at radius 3 is 2.33 bits per heavy atom. The molecule has 0 aliphatic heterocycles. The molecule has 30 heavy (non-hydrogen) atoms. The van der Waals surface area contributed by atoms with Gasteiger partial charge in [0.25, 0.3) is 0 Å². The highest BCUT2D eigenvalue weighted by atomic mass is 16.4. The third-order valence-corrected chi connectivity index (χ3v) is 4.53. The summed E-state index contributed by atoms with van der Waals surface area (Å²) in [5.74, 6) is -4.19. The summed E-state index contributed by atoms with van der Waals surface area (Å²) in [6.07, 6.45) is 0.912. The van der Waals surface area contributed by atoms with Gasteiger partial charge in [0, 0.05) is 29.9 Å². The minimum absolute atomic E-state index is 0.0269. The number of nitrogens with one attached hydrogen (secondary N) is 3. The molecule has 162 valence electrons. The van der Waals surface area contributed by atoms with Crippen molar-refractivity contribution in [2.45, 2.75) is 37.4 Å². The van der Waals surface area contributed by atoms with E-state index in [4.69, 9.17) is 15.9 Å². The first-order valence-electron chi connectivity index (χ1n) is 9.19. The number of aliphatic hydroxyl groups excluding tert-OH is 1. The number of carbonyl (C=O) groups excluding carboxylic acids is 2. The van der Waals surface area contributed by atoms with E-state index in [0.29, 0.717) is 5.56 Å².